The van der Waals surface area contributed by atoms with Gasteiger partial charge in [0.15, 0.2) is 0 Å². The van der Waals surface area contributed by atoms with Crippen molar-refractivity contribution in [3.63, 3.8) is 0 Å². The summed E-state index contributed by atoms with van der Waals surface area (Å²) in [6.45, 7) is 4.53. The summed E-state index contributed by atoms with van der Waals surface area (Å²) >= 11 is 5.80. The summed E-state index contributed by atoms with van der Waals surface area (Å²) in [4.78, 5) is 24.2. The highest BCUT2D eigenvalue weighted by Gasteiger charge is 2.11. The molecule has 0 aliphatic heterocycles. The van der Waals surface area contributed by atoms with E-state index in [1.54, 1.807) is 24.3 Å². The van der Waals surface area contributed by atoms with Crippen LogP contribution in [-0.2, 0) is 4.79 Å². The number of rotatable bonds is 7. The Morgan fingerprint density at radius 1 is 1.08 bits per heavy atom. The molecule has 1 atom stereocenters. The Morgan fingerprint density at radius 3 is 2.44 bits per heavy atom. The van der Waals surface area contributed by atoms with Gasteiger partial charge < -0.3 is 10.6 Å². The third-order valence-corrected chi connectivity index (χ3v) is 4.37. The zero-order valence-corrected chi connectivity index (χ0v) is 15.3. The highest BCUT2D eigenvalue weighted by Crippen LogP contribution is 2.26. The molecule has 2 aromatic rings. The average molecular weight is 359 g/mol. The second-order valence-electron chi connectivity index (χ2n) is 5.96. The first-order valence-electron chi connectivity index (χ1n) is 8.43. The lowest BCUT2D eigenvalue weighted by molar-refractivity contribution is -0.116. The monoisotopic (exact) mass is 358 g/mol. The molecule has 132 valence electrons. The molecule has 0 saturated heterocycles. The summed E-state index contributed by atoms with van der Waals surface area (Å²) in [7, 11) is 0. The Kier molecular flexibility index (Phi) is 7.02. The van der Waals surface area contributed by atoms with Gasteiger partial charge in [-0.15, -0.1) is 0 Å². The predicted molar refractivity (Wildman–Crippen MR) is 102 cm³/mol. The summed E-state index contributed by atoms with van der Waals surface area (Å²) in [6.07, 6.45) is 1.22. The molecule has 0 radical (unpaired) electrons. The van der Waals surface area contributed by atoms with Crippen LogP contribution >= 0.6 is 11.6 Å². The normalized spacial score (nSPS) is 11.6. The Morgan fingerprint density at radius 2 is 1.76 bits per heavy atom. The molecule has 0 fully saturated rings. The van der Waals surface area contributed by atoms with E-state index in [0.717, 1.165) is 17.7 Å². The number of hydrogen-bond donors (Lipinski definition) is 2. The lowest BCUT2D eigenvalue weighted by atomic mass is 9.97. The minimum atomic E-state index is -0.218. The van der Waals surface area contributed by atoms with E-state index in [1.165, 1.54) is 0 Å². The quantitative estimate of drug-likeness (QED) is 0.759. The largest absolute Gasteiger partial charge is 0.352 e. The summed E-state index contributed by atoms with van der Waals surface area (Å²) < 4.78 is 0. The lowest BCUT2D eigenvalue weighted by Gasteiger charge is -2.15. The van der Waals surface area contributed by atoms with Gasteiger partial charge in [0.25, 0.3) is 5.91 Å². The number of carbonyl (C=O) groups is 2. The molecule has 0 aliphatic carbocycles. The summed E-state index contributed by atoms with van der Waals surface area (Å²) in [6, 6.07) is 14.5. The van der Waals surface area contributed by atoms with E-state index in [1.807, 2.05) is 24.3 Å². The van der Waals surface area contributed by atoms with Gasteiger partial charge in [-0.2, -0.15) is 0 Å². The van der Waals surface area contributed by atoms with Gasteiger partial charge in [-0.25, -0.2) is 0 Å². The second kappa shape index (κ2) is 9.23. The van der Waals surface area contributed by atoms with Crippen LogP contribution in [0.5, 0.6) is 0 Å². The molecule has 2 N–H and O–H groups in total. The number of anilines is 1. The number of para-hydroxylation sites is 1. The molecule has 25 heavy (non-hydrogen) atoms. The van der Waals surface area contributed by atoms with E-state index in [4.69, 9.17) is 11.6 Å². The third kappa shape index (κ3) is 5.61. The molecule has 0 heterocycles. The first-order valence-corrected chi connectivity index (χ1v) is 8.81. The van der Waals surface area contributed by atoms with E-state index < -0.39 is 0 Å². The van der Waals surface area contributed by atoms with E-state index >= 15 is 0 Å². The molecular weight excluding hydrogens is 336 g/mol. The number of nitrogens with one attached hydrogen (secondary N) is 2. The molecule has 2 aromatic carbocycles. The number of amides is 2. The third-order valence-electron chi connectivity index (χ3n) is 4.12. The van der Waals surface area contributed by atoms with Gasteiger partial charge in [-0.1, -0.05) is 43.6 Å². The molecule has 0 aromatic heterocycles. The molecule has 0 saturated carbocycles. The van der Waals surface area contributed by atoms with Crippen molar-refractivity contribution in [3.8, 4) is 0 Å². The van der Waals surface area contributed by atoms with Gasteiger partial charge in [0.2, 0.25) is 5.91 Å². The van der Waals surface area contributed by atoms with E-state index in [2.05, 4.69) is 24.5 Å². The van der Waals surface area contributed by atoms with Gasteiger partial charge in [0.05, 0.1) is 0 Å². The molecule has 5 heteroatoms. The highest BCUT2D eigenvalue weighted by molar-refractivity contribution is 6.30. The molecule has 0 spiro atoms. The minimum Gasteiger partial charge on any atom is -0.352 e. The van der Waals surface area contributed by atoms with E-state index in [9.17, 15) is 9.59 Å². The number of hydrogen-bond acceptors (Lipinski definition) is 2. The van der Waals surface area contributed by atoms with Crippen molar-refractivity contribution in [1.29, 1.82) is 0 Å². The predicted octanol–water partition coefficient (Wildman–Crippen LogP) is 4.61. The molecule has 0 bridgehead atoms. The van der Waals surface area contributed by atoms with Crippen LogP contribution < -0.4 is 10.6 Å². The molecule has 2 rings (SSSR count). The molecule has 0 unspecified atom stereocenters. The first-order chi connectivity index (χ1) is 12.0. The zero-order valence-electron chi connectivity index (χ0n) is 14.5. The van der Waals surface area contributed by atoms with Crippen molar-refractivity contribution in [1.82, 2.24) is 5.32 Å². The van der Waals surface area contributed by atoms with Crippen LogP contribution in [0.25, 0.3) is 0 Å². The minimum absolute atomic E-state index is 0.118. The van der Waals surface area contributed by atoms with Crippen molar-refractivity contribution in [2.45, 2.75) is 32.6 Å². The maximum atomic E-state index is 12.2. The van der Waals surface area contributed by atoms with Crippen LogP contribution in [0.15, 0.2) is 48.5 Å². The fourth-order valence-electron chi connectivity index (χ4n) is 2.47. The number of halogens is 1. The van der Waals surface area contributed by atoms with Gasteiger partial charge in [-0.05, 0) is 48.2 Å². The van der Waals surface area contributed by atoms with Crippen LogP contribution in [0.1, 0.15) is 48.5 Å². The maximum absolute atomic E-state index is 12.2. The Labute approximate surface area is 153 Å². The molecular formula is C20H23ClN2O2. The summed E-state index contributed by atoms with van der Waals surface area (Å²) in [5.74, 6) is 0.0396. The van der Waals surface area contributed by atoms with Crippen molar-refractivity contribution in [3.05, 3.63) is 64.7 Å². The number of benzene rings is 2. The van der Waals surface area contributed by atoms with Gasteiger partial charge in [0, 0.05) is 29.2 Å². The molecule has 2 amide bonds. The standard InChI is InChI=1S/C20H23ClN2O2/c1-3-14(2)17-6-4-5-7-18(17)23-19(24)12-13-22-20(25)15-8-10-16(21)11-9-15/h4-11,14H,3,12-13H2,1-2H3,(H,22,25)(H,23,24)/t14-/m0/s1. The van der Waals surface area contributed by atoms with E-state index in [-0.39, 0.29) is 24.8 Å². The van der Waals surface area contributed by atoms with Crippen molar-refractivity contribution < 1.29 is 9.59 Å². The van der Waals surface area contributed by atoms with Gasteiger partial charge >= 0.3 is 0 Å². The Hall–Kier alpha value is -2.33. The first kappa shape index (κ1) is 19.0. The molecule has 4 nitrogen and oxygen atoms in total. The average Bonchev–Trinajstić information content (AvgIpc) is 2.62. The van der Waals surface area contributed by atoms with Gasteiger partial charge in [0.1, 0.15) is 0 Å². The second-order valence-corrected chi connectivity index (χ2v) is 6.39. The highest BCUT2D eigenvalue weighted by atomic mass is 35.5. The Bertz CT molecular complexity index is 729. The lowest BCUT2D eigenvalue weighted by Crippen LogP contribution is -2.27. The summed E-state index contributed by atoms with van der Waals surface area (Å²) in [5.41, 5.74) is 2.49. The van der Waals surface area contributed by atoms with Crippen LogP contribution in [0.4, 0.5) is 5.69 Å². The SMILES string of the molecule is CC[C@H](C)c1ccccc1NC(=O)CCNC(=O)c1ccc(Cl)cc1. The topological polar surface area (TPSA) is 58.2 Å². The number of carbonyl (C=O) groups excluding carboxylic acids is 2. The van der Waals surface area contributed by atoms with Crippen LogP contribution in [0.3, 0.4) is 0 Å². The molecule has 0 aliphatic rings. The van der Waals surface area contributed by atoms with Crippen molar-refractivity contribution >= 4 is 29.1 Å². The summed E-state index contributed by atoms with van der Waals surface area (Å²) in [5, 5.41) is 6.26. The Balaban J connectivity index is 1.85. The smallest absolute Gasteiger partial charge is 0.251 e. The van der Waals surface area contributed by atoms with Crippen LogP contribution in [-0.4, -0.2) is 18.4 Å². The maximum Gasteiger partial charge on any atom is 0.251 e. The van der Waals surface area contributed by atoms with Crippen molar-refractivity contribution in [2.75, 3.05) is 11.9 Å². The fourth-order valence-corrected chi connectivity index (χ4v) is 2.59. The van der Waals surface area contributed by atoms with Crippen LogP contribution in [0, 0.1) is 0 Å². The van der Waals surface area contributed by atoms with E-state index in [0.29, 0.717) is 16.5 Å². The fraction of sp³-hybridized carbons (Fsp3) is 0.300. The van der Waals surface area contributed by atoms with Crippen LogP contribution in [0.2, 0.25) is 5.02 Å². The zero-order chi connectivity index (χ0) is 18.2. The van der Waals surface area contributed by atoms with Gasteiger partial charge in [-0.3, -0.25) is 9.59 Å². The van der Waals surface area contributed by atoms with Crippen molar-refractivity contribution in [2.24, 2.45) is 0 Å².